The summed E-state index contributed by atoms with van der Waals surface area (Å²) in [7, 11) is 0. The summed E-state index contributed by atoms with van der Waals surface area (Å²) in [6.07, 6.45) is 0. The summed E-state index contributed by atoms with van der Waals surface area (Å²) < 4.78 is 15.6. The van der Waals surface area contributed by atoms with Gasteiger partial charge in [0.25, 0.3) is 0 Å². The second-order valence-corrected chi connectivity index (χ2v) is 4.18. The second kappa shape index (κ2) is 4.58. The third kappa shape index (κ3) is 1.97. The Morgan fingerprint density at radius 2 is 2.11 bits per heavy atom. The molecule has 0 atom stereocenters. The van der Waals surface area contributed by atoms with Gasteiger partial charge in [-0.3, -0.25) is 0 Å². The molecule has 0 spiro atoms. The molecule has 0 saturated carbocycles. The molecule has 0 aliphatic rings. The SMILES string of the molecule is Cc1cc(C(=O)O)c(C)n1-c1cccc(C#N)c1F. The lowest BCUT2D eigenvalue weighted by atomic mass is 10.2. The Kier molecular flexibility index (Phi) is 3.09. The molecule has 0 bridgehead atoms. The predicted octanol–water partition coefficient (Wildman–Crippen LogP) is 2.80. The van der Waals surface area contributed by atoms with Crippen LogP contribution in [0.5, 0.6) is 0 Å². The second-order valence-electron chi connectivity index (χ2n) is 4.18. The topological polar surface area (TPSA) is 66.0 Å². The summed E-state index contributed by atoms with van der Waals surface area (Å²) in [5.41, 5.74) is 1.27. The summed E-state index contributed by atoms with van der Waals surface area (Å²) in [4.78, 5) is 11.1. The smallest absolute Gasteiger partial charge is 0.337 e. The van der Waals surface area contributed by atoms with E-state index in [-0.39, 0.29) is 16.8 Å². The van der Waals surface area contributed by atoms with Crippen LogP contribution in [0.4, 0.5) is 4.39 Å². The summed E-state index contributed by atoms with van der Waals surface area (Å²) in [6.45, 7) is 3.30. The molecule has 1 N–H and O–H groups in total. The van der Waals surface area contributed by atoms with Crippen molar-refractivity contribution in [2.24, 2.45) is 0 Å². The fraction of sp³-hybridized carbons (Fsp3) is 0.143. The van der Waals surface area contributed by atoms with Crippen molar-refractivity contribution >= 4 is 5.97 Å². The Bertz CT molecular complexity index is 711. The lowest BCUT2D eigenvalue weighted by Crippen LogP contribution is -2.05. The molecule has 2 aromatic rings. The molecule has 19 heavy (non-hydrogen) atoms. The van der Waals surface area contributed by atoms with Gasteiger partial charge in [0, 0.05) is 11.4 Å². The molecule has 0 amide bonds. The number of halogens is 1. The molecule has 4 nitrogen and oxygen atoms in total. The first-order chi connectivity index (χ1) is 8.97. The zero-order valence-corrected chi connectivity index (χ0v) is 10.4. The third-order valence-electron chi connectivity index (χ3n) is 3.00. The largest absolute Gasteiger partial charge is 0.478 e. The number of carbonyl (C=O) groups is 1. The van der Waals surface area contributed by atoms with Gasteiger partial charge in [-0.25, -0.2) is 9.18 Å². The Morgan fingerprint density at radius 1 is 1.42 bits per heavy atom. The van der Waals surface area contributed by atoms with E-state index >= 15 is 0 Å². The highest BCUT2D eigenvalue weighted by Gasteiger charge is 2.18. The van der Waals surface area contributed by atoms with E-state index in [9.17, 15) is 9.18 Å². The summed E-state index contributed by atoms with van der Waals surface area (Å²) in [5.74, 6) is -1.71. The van der Waals surface area contributed by atoms with Crippen molar-refractivity contribution in [1.29, 1.82) is 5.26 Å². The molecule has 1 aromatic carbocycles. The maximum absolute atomic E-state index is 14.1. The highest BCUT2D eigenvalue weighted by Crippen LogP contribution is 2.24. The highest BCUT2D eigenvalue weighted by molar-refractivity contribution is 5.89. The van der Waals surface area contributed by atoms with Crippen LogP contribution in [0.2, 0.25) is 0 Å². The van der Waals surface area contributed by atoms with E-state index in [1.165, 1.54) is 22.8 Å². The van der Waals surface area contributed by atoms with E-state index in [1.54, 1.807) is 26.0 Å². The first-order valence-corrected chi connectivity index (χ1v) is 5.58. The van der Waals surface area contributed by atoms with E-state index in [1.807, 2.05) is 0 Å². The number of hydrogen-bond donors (Lipinski definition) is 1. The Morgan fingerprint density at radius 3 is 2.63 bits per heavy atom. The fourth-order valence-corrected chi connectivity index (χ4v) is 2.13. The van der Waals surface area contributed by atoms with Crippen LogP contribution in [0.25, 0.3) is 5.69 Å². The minimum Gasteiger partial charge on any atom is -0.478 e. The lowest BCUT2D eigenvalue weighted by molar-refractivity contribution is 0.0696. The number of benzene rings is 1. The molecule has 0 saturated heterocycles. The van der Waals surface area contributed by atoms with Gasteiger partial charge in [0.1, 0.15) is 6.07 Å². The van der Waals surface area contributed by atoms with Crippen molar-refractivity contribution in [1.82, 2.24) is 4.57 Å². The van der Waals surface area contributed by atoms with E-state index in [0.717, 1.165) is 0 Å². The van der Waals surface area contributed by atoms with Crippen LogP contribution in [-0.4, -0.2) is 15.6 Å². The number of rotatable bonds is 2. The molecule has 0 unspecified atom stereocenters. The Hall–Kier alpha value is -2.61. The van der Waals surface area contributed by atoms with Gasteiger partial charge in [0.2, 0.25) is 0 Å². The number of aromatic nitrogens is 1. The van der Waals surface area contributed by atoms with Crippen molar-refractivity contribution in [3.8, 4) is 11.8 Å². The maximum Gasteiger partial charge on any atom is 0.337 e. The van der Waals surface area contributed by atoms with Crippen LogP contribution in [0, 0.1) is 31.0 Å². The molecular weight excluding hydrogens is 247 g/mol. The van der Waals surface area contributed by atoms with E-state index in [0.29, 0.717) is 11.4 Å². The fourth-order valence-electron chi connectivity index (χ4n) is 2.13. The molecule has 0 aliphatic carbocycles. The highest BCUT2D eigenvalue weighted by atomic mass is 19.1. The number of carboxylic acids is 1. The number of nitrogens with zero attached hydrogens (tertiary/aromatic N) is 2. The van der Waals surface area contributed by atoms with Crippen LogP contribution in [0.3, 0.4) is 0 Å². The molecule has 1 aromatic heterocycles. The first-order valence-electron chi connectivity index (χ1n) is 5.58. The molecule has 1 heterocycles. The number of hydrogen-bond acceptors (Lipinski definition) is 2. The summed E-state index contributed by atoms with van der Waals surface area (Å²) in [6, 6.07) is 7.71. The Labute approximate surface area is 109 Å². The minimum atomic E-state index is -1.06. The average Bonchev–Trinajstić information content (AvgIpc) is 2.66. The number of carboxylic acid groups (broad SMARTS) is 1. The van der Waals surface area contributed by atoms with Crippen molar-refractivity contribution in [3.05, 3.63) is 52.6 Å². The van der Waals surface area contributed by atoms with Crippen LogP contribution < -0.4 is 0 Å². The number of nitriles is 1. The number of aryl methyl sites for hydroxylation is 1. The van der Waals surface area contributed by atoms with Gasteiger partial charge in [0.15, 0.2) is 5.82 Å². The van der Waals surface area contributed by atoms with Crippen LogP contribution in [-0.2, 0) is 0 Å². The van der Waals surface area contributed by atoms with Crippen LogP contribution in [0.1, 0.15) is 27.3 Å². The van der Waals surface area contributed by atoms with Crippen molar-refractivity contribution < 1.29 is 14.3 Å². The average molecular weight is 258 g/mol. The standard InChI is InChI=1S/C14H11FN2O2/c1-8-6-11(14(18)19)9(2)17(8)12-5-3-4-10(7-16)13(12)15/h3-6H,1-2H3,(H,18,19). The van der Waals surface area contributed by atoms with Crippen molar-refractivity contribution in [2.75, 3.05) is 0 Å². The van der Waals surface area contributed by atoms with Crippen molar-refractivity contribution in [3.63, 3.8) is 0 Å². The number of aromatic carboxylic acids is 1. The molecule has 5 heteroatoms. The summed E-state index contributed by atoms with van der Waals surface area (Å²) in [5, 5.41) is 17.9. The summed E-state index contributed by atoms with van der Waals surface area (Å²) >= 11 is 0. The molecule has 0 radical (unpaired) electrons. The van der Waals surface area contributed by atoms with Crippen LogP contribution in [0.15, 0.2) is 24.3 Å². The zero-order chi connectivity index (χ0) is 14.2. The van der Waals surface area contributed by atoms with Gasteiger partial charge in [-0.1, -0.05) is 6.07 Å². The van der Waals surface area contributed by atoms with Gasteiger partial charge in [-0.15, -0.1) is 0 Å². The predicted molar refractivity (Wildman–Crippen MR) is 66.9 cm³/mol. The maximum atomic E-state index is 14.1. The first kappa shape index (κ1) is 12.8. The minimum absolute atomic E-state index is 0.0677. The van der Waals surface area contributed by atoms with Gasteiger partial charge in [0.05, 0.1) is 16.8 Å². The molecule has 2 rings (SSSR count). The zero-order valence-electron chi connectivity index (χ0n) is 10.4. The quantitative estimate of drug-likeness (QED) is 0.900. The normalized spacial score (nSPS) is 10.2. The monoisotopic (exact) mass is 258 g/mol. The van der Waals surface area contributed by atoms with Gasteiger partial charge in [-0.2, -0.15) is 5.26 Å². The third-order valence-corrected chi connectivity index (χ3v) is 3.00. The van der Waals surface area contributed by atoms with E-state index < -0.39 is 11.8 Å². The molecular formula is C14H11FN2O2. The van der Waals surface area contributed by atoms with Gasteiger partial charge >= 0.3 is 5.97 Å². The van der Waals surface area contributed by atoms with Gasteiger partial charge in [-0.05, 0) is 32.0 Å². The Balaban J connectivity index is 2.74. The van der Waals surface area contributed by atoms with E-state index in [4.69, 9.17) is 10.4 Å². The molecule has 0 aliphatic heterocycles. The van der Waals surface area contributed by atoms with E-state index in [2.05, 4.69) is 0 Å². The van der Waals surface area contributed by atoms with Gasteiger partial charge < -0.3 is 9.67 Å². The lowest BCUT2D eigenvalue weighted by Gasteiger charge is -2.11. The molecule has 96 valence electrons. The molecule has 0 fully saturated rings. The van der Waals surface area contributed by atoms with Crippen LogP contribution >= 0.6 is 0 Å². The van der Waals surface area contributed by atoms with Crippen molar-refractivity contribution in [2.45, 2.75) is 13.8 Å².